The molecule has 0 unspecified atom stereocenters. The Morgan fingerprint density at radius 3 is 2.35 bits per heavy atom. The Morgan fingerprint density at radius 2 is 1.77 bits per heavy atom. The molecule has 1 amide bonds. The molecule has 1 aromatic carbocycles. The zero-order chi connectivity index (χ0) is 18.3. The van der Waals surface area contributed by atoms with Crippen molar-refractivity contribution < 1.29 is 18.0 Å². The van der Waals surface area contributed by atoms with E-state index in [9.17, 15) is 18.0 Å². The summed E-state index contributed by atoms with van der Waals surface area (Å²) in [5.41, 5.74) is 2.13. The van der Waals surface area contributed by atoms with Crippen LogP contribution in [0.2, 0.25) is 0 Å². The lowest BCUT2D eigenvalue weighted by atomic mass is 10.1. The van der Waals surface area contributed by atoms with Crippen LogP contribution in [0.4, 0.5) is 13.2 Å². The van der Waals surface area contributed by atoms with E-state index < -0.39 is 12.7 Å². The summed E-state index contributed by atoms with van der Waals surface area (Å²) in [7, 11) is 0. The van der Waals surface area contributed by atoms with E-state index in [1.54, 1.807) is 4.90 Å². The lowest BCUT2D eigenvalue weighted by Gasteiger charge is -2.29. The highest BCUT2D eigenvalue weighted by atomic mass is 35.5. The molecule has 1 heterocycles. The van der Waals surface area contributed by atoms with Gasteiger partial charge in [-0.1, -0.05) is 29.8 Å². The molecule has 0 spiro atoms. The number of benzene rings is 1. The first-order chi connectivity index (χ1) is 11.8. The molecule has 0 atom stereocenters. The van der Waals surface area contributed by atoms with Crippen molar-refractivity contribution in [1.29, 1.82) is 0 Å². The van der Waals surface area contributed by atoms with Gasteiger partial charge in [0.2, 0.25) is 5.91 Å². The van der Waals surface area contributed by atoms with Crippen LogP contribution in [-0.4, -0.2) is 67.7 Å². The number of nitrogens with one attached hydrogen (secondary N) is 1. The second kappa shape index (κ2) is 10.7. The maximum atomic E-state index is 12.8. The smallest absolute Gasteiger partial charge is 0.340 e. The van der Waals surface area contributed by atoms with Gasteiger partial charge in [-0.2, -0.15) is 13.2 Å². The van der Waals surface area contributed by atoms with Crippen LogP contribution >= 0.6 is 12.4 Å². The number of piperazine rings is 1. The molecule has 148 valence electrons. The predicted octanol–water partition coefficient (Wildman–Crippen LogP) is 2.65. The minimum Gasteiger partial charge on any atom is -0.340 e. The highest BCUT2D eigenvalue weighted by Gasteiger charge is 2.31. The number of hydrogen-bond acceptors (Lipinski definition) is 3. The van der Waals surface area contributed by atoms with Crippen LogP contribution in [0.1, 0.15) is 17.5 Å². The molecule has 1 aromatic rings. The van der Waals surface area contributed by atoms with Crippen LogP contribution < -0.4 is 5.32 Å². The zero-order valence-corrected chi connectivity index (χ0v) is 15.8. The molecule has 26 heavy (non-hydrogen) atoms. The Kier molecular flexibility index (Phi) is 9.39. The van der Waals surface area contributed by atoms with E-state index in [-0.39, 0.29) is 37.8 Å². The van der Waals surface area contributed by atoms with Crippen LogP contribution in [0.5, 0.6) is 0 Å². The fraction of sp³-hybridized carbons (Fsp3) is 0.611. The third kappa shape index (κ3) is 8.38. The van der Waals surface area contributed by atoms with E-state index in [1.165, 1.54) is 4.90 Å². The largest absolute Gasteiger partial charge is 0.401 e. The van der Waals surface area contributed by atoms with Gasteiger partial charge in [-0.05, 0) is 18.9 Å². The van der Waals surface area contributed by atoms with Gasteiger partial charge >= 0.3 is 6.18 Å². The van der Waals surface area contributed by atoms with Gasteiger partial charge in [-0.15, -0.1) is 12.4 Å². The van der Waals surface area contributed by atoms with Gasteiger partial charge in [0, 0.05) is 45.7 Å². The summed E-state index contributed by atoms with van der Waals surface area (Å²) < 4.78 is 38.5. The number of halogens is 4. The Bertz CT molecular complexity index is 546. The van der Waals surface area contributed by atoms with Crippen molar-refractivity contribution in [3.05, 3.63) is 35.4 Å². The average Bonchev–Trinajstić information content (AvgIpc) is 2.58. The second-order valence-electron chi connectivity index (χ2n) is 6.51. The first-order valence-electron chi connectivity index (χ1n) is 8.66. The van der Waals surface area contributed by atoms with Crippen molar-refractivity contribution in [3.8, 4) is 0 Å². The maximum absolute atomic E-state index is 12.8. The van der Waals surface area contributed by atoms with Crippen LogP contribution in [0.25, 0.3) is 0 Å². The van der Waals surface area contributed by atoms with Gasteiger partial charge in [0.05, 0.1) is 6.54 Å². The molecule has 1 saturated heterocycles. The molecule has 0 aromatic heterocycles. The molecule has 2 rings (SSSR count). The number of hydrogen-bond donors (Lipinski definition) is 1. The van der Waals surface area contributed by atoms with Gasteiger partial charge in [0.25, 0.3) is 0 Å². The van der Waals surface area contributed by atoms with Crippen molar-refractivity contribution in [2.75, 3.05) is 45.8 Å². The molecule has 0 saturated carbocycles. The minimum atomic E-state index is -4.26. The molecule has 1 aliphatic rings. The number of aryl methyl sites for hydroxylation is 1. The number of carbonyl (C=O) groups excluding carboxylic acids is 1. The lowest BCUT2D eigenvalue weighted by Crippen LogP contribution is -2.47. The summed E-state index contributed by atoms with van der Waals surface area (Å²) in [5, 5.41) is 3.15. The summed E-state index contributed by atoms with van der Waals surface area (Å²) in [6.07, 6.45) is -3.59. The van der Waals surface area contributed by atoms with Crippen LogP contribution in [-0.2, 0) is 11.2 Å². The maximum Gasteiger partial charge on any atom is 0.401 e. The van der Waals surface area contributed by atoms with E-state index >= 15 is 0 Å². The number of rotatable bonds is 7. The summed E-state index contributed by atoms with van der Waals surface area (Å²) >= 11 is 0. The monoisotopic (exact) mass is 393 g/mol. The molecule has 1 aliphatic heterocycles. The van der Waals surface area contributed by atoms with E-state index in [1.807, 2.05) is 31.2 Å². The topological polar surface area (TPSA) is 35.6 Å². The summed E-state index contributed by atoms with van der Waals surface area (Å²) in [4.78, 5) is 15.2. The average molecular weight is 394 g/mol. The van der Waals surface area contributed by atoms with E-state index in [2.05, 4.69) is 5.32 Å². The first-order valence-corrected chi connectivity index (χ1v) is 8.66. The first kappa shape index (κ1) is 22.7. The van der Waals surface area contributed by atoms with Gasteiger partial charge in [0.1, 0.15) is 0 Å². The van der Waals surface area contributed by atoms with Crippen molar-refractivity contribution in [1.82, 2.24) is 15.1 Å². The number of alkyl halides is 3. The quantitative estimate of drug-likeness (QED) is 0.773. The Morgan fingerprint density at radius 1 is 1.15 bits per heavy atom. The van der Waals surface area contributed by atoms with Crippen LogP contribution in [0, 0.1) is 6.92 Å². The standard InChI is InChI=1S/C18H26F3N3O.ClH/c1-15-2-4-16(5-3-15)6-10-23(14-18(19,20)21)11-7-17(25)24-12-8-22-9-13-24;/h2-5,22H,6-14H2,1H3;1H. The van der Waals surface area contributed by atoms with E-state index in [0.717, 1.165) is 24.2 Å². The SMILES string of the molecule is Cc1ccc(CCN(CCC(=O)N2CCNCC2)CC(F)(F)F)cc1.Cl. The third-order valence-electron chi connectivity index (χ3n) is 4.35. The normalized spacial score (nSPS) is 15.0. The number of carbonyl (C=O) groups is 1. The number of nitrogens with zero attached hydrogens (tertiary/aromatic N) is 2. The molecular formula is C18H27ClF3N3O. The molecule has 8 heteroatoms. The van der Waals surface area contributed by atoms with Crippen LogP contribution in [0.3, 0.4) is 0 Å². The van der Waals surface area contributed by atoms with Gasteiger partial charge in [-0.25, -0.2) is 0 Å². The molecule has 0 aliphatic carbocycles. The fourth-order valence-electron chi connectivity index (χ4n) is 2.89. The summed E-state index contributed by atoms with van der Waals surface area (Å²) in [6, 6.07) is 7.79. The second-order valence-corrected chi connectivity index (χ2v) is 6.51. The van der Waals surface area contributed by atoms with Gasteiger partial charge < -0.3 is 10.2 Å². The Balaban J connectivity index is 0.00000338. The summed E-state index contributed by atoms with van der Waals surface area (Å²) in [6.45, 7) is 4.15. The highest BCUT2D eigenvalue weighted by Crippen LogP contribution is 2.17. The molecule has 0 radical (unpaired) electrons. The molecule has 1 fully saturated rings. The van der Waals surface area contributed by atoms with E-state index in [4.69, 9.17) is 0 Å². The molecular weight excluding hydrogens is 367 g/mol. The van der Waals surface area contributed by atoms with Gasteiger partial charge in [-0.3, -0.25) is 9.69 Å². The fourth-order valence-corrected chi connectivity index (χ4v) is 2.89. The molecule has 1 N–H and O–H groups in total. The van der Waals surface area contributed by atoms with Gasteiger partial charge in [0.15, 0.2) is 0 Å². The van der Waals surface area contributed by atoms with Crippen molar-refractivity contribution >= 4 is 18.3 Å². The summed E-state index contributed by atoms with van der Waals surface area (Å²) in [5.74, 6) is -0.0657. The lowest BCUT2D eigenvalue weighted by molar-refractivity contribution is -0.148. The molecule has 4 nitrogen and oxygen atoms in total. The van der Waals surface area contributed by atoms with Crippen molar-refractivity contribution in [3.63, 3.8) is 0 Å². The number of amides is 1. The Hall–Kier alpha value is -1.31. The zero-order valence-electron chi connectivity index (χ0n) is 15.0. The van der Waals surface area contributed by atoms with E-state index in [0.29, 0.717) is 19.5 Å². The highest BCUT2D eigenvalue weighted by molar-refractivity contribution is 5.85. The van der Waals surface area contributed by atoms with Crippen molar-refractivity contribution in [2.45, 2.75) is 25.9 Å². The Labute approximate surface area is 159 Å². The van der Waals surface area contributed by atoms with Crippen molar-refractivity contribution in [2.24, 2.45) is 0 Å². The predicted molar refractivity (Wildman–Crippen MR) is 98.7 cm³/mol. The third-order valence-corrected chi connectivity index (χ3v) is 4.35. The molecule has 0 bridgehead atoms. The minimum absolute atomic E-state index is 0. The van der Waals surface area contributed by atoms with Crippen LogP contribution in [0.15, 0.2) is 24.3 Å².